The molecule has 1 N–H and O–H groups in total. The van der Waals surface area contributed by atoms with Gasteiger partial charge in [-0.15, -0.1) is 11.8 Å². The number of carbonyl (C=O) groups excluding carboxylic acids is 1. The first-order chi connectivity index (χ1) is 7.54. The highest BCUT2D eigenvalue weighted by Crippen LogP contribution is 2.20. The number of nitrogens with one attached hydrogen (secondary N) is 1. The molecule has 1 aromatic rings. The summed E-state index contributed by atoms with van der Waals surface area (Å²) in [5, 5.41) is 2.60. The van der Waals surface area contributed by atoms with Crippen molar-refractivity contribution >= 4 is 36.0 Å². The summed E-state index contributed by atoms with van der Waals surface area (Å²) in [5.74, 6) is 0.184. The first-order valence-corrected chi connectivity index (χ1v) is 6.91. The molecule has 0 aliphatic heterocycles. The van der Waals surface area contributed by atoms with Crippen LogP contribution in [0.3, 0.4) is 0 Å². The van der Waals surface area contributed by atoms with Gasteiger partial charge in [0.05, 0.1) is 5.25 Å². The number of rotatable bonds is 4. The molecule has 0 heterocycles. The number of anilines is 1. The molecule has 0 bridgehead atoms. The molecular weight excluding hydrogens is 238 g/mol. The van der Waals surface area contributed by atoms with Gasteiger partial charge in [0.25, 0.3) is 0 Å². The fraction of sp³-hybridized carbons (Fsp3) is 0.417. The quantitative estimate of drug-likeness (QED) is 0.638. The predicted octanol–water partition coefficient (Wildman–Crippen LogP) is 3.30. The second kappa shape index (κ2) is 6.21. The van der Waals surface area contributed by atoms with Gasteiger partial charge >= 0.3 is 0 Å². The molecular formula is C12H17NOS2. The fourth-order valence-electron chi connectivity index (χ4n) is 1.22. The highest BCUT2D eigenvalue weighted by Gasteiger charge is 2.17. The Morgan fingerprint density at radius 2 is 2.12 bits per heavy atom. The largest absolute Gasteiger partial charge is 0.325 e. The van der Waals surface area contributed by atoms with Gasteiger partial charge in [0.1, 0.15) is 0 Å². The van der Waals surface area contributed by atoms with Gasteiger partial charge in [0, 0.05) is 10.6 Å². The van der Waals surface area contributed by atoms with Crippen molar-refractivity contribution in [1.29, 1.82) is 0 Å². The lowest BCUT2D eigenvalue weighted by molar-refractivity contribution is -0.116. The highest BCUT2D eigenvalue weighted by molar-refractivity contribution is 7.98. The van der Waals surface area contributed by atoms with Crippen LogP contribution in [0.4, 0.5) is 5.69 Å². The van der Waals surface area contributed by atoms with E-state index in [1.54, 1.807) is 11.8 Å². The zero-order valence-corrected chi connectivity index (χ0v) is 11.4. The lowest BCUT2D eigenvalue weighted by Gasteiger charge is -2.14. The molecule has 0 saturated carbocycles. The summed E-state index contributed by atoms with van der Waals surface area (Å²) in [6, 6.07) is 7.80. The van der Waals surface area contributed by atoms with Gasteiger partial charge in [-0.2, -0.15) is 12.6 Å². The molecule has 4 heteroatoms. The number of hydrogen-bond acceptors (Lipinski definition) is 3. The molecule has 1 unspecified atom stereocenters. The van der Waals surface area contributed by atoms with Gasteiger partial charge in [-0.1, -0.05) is 19.9 Å². The van der Waals surface area contributed by atoms with E-state index in [2.05, 4.69) is 17.9 Å². The van der Waals surface area contributed by atoms with Crippen molar-refractivity contribution in [3.63, 3.8) is 0 Å². The number of amides is 1. The third-order valence-corrected chi connectivity index (χ3v) is 3.79. The maximum absolute atomic E-state index is 11.8. The maximum Gasteiger partial charge on any atom is 0.237 e. The molecule has 0 radical (unpaired) electrons. The number of benzene rings is 1. The first kappa shape index (κ1) is 13.5. The first-order valence-electron chi connectivity index (χ1n) is 5.17. The van der Waals surface area contributed by atoms with E-state index in [1.807, 2.05) is 44.4 Å². The molecule has 1 rings (SSSR count). The van der Waals surface area contributed by atoms with E-state index < -0.39 is 0 Å². The molecule has 0 aliphatic carbocycles. The van der Waals surface area contributed by atoms with Crippen LogP contribution in [0.15, 0.2) is 29.2 Å². The summed E-state index contributed by atoms with van der Waals surface area (Å²) in [7, 11) is 0. The average molecular weight is 255 g/mol. The molecule has 0 fully saturated rings. The number of thiol groups is 1. The number of carbonyl (C=O) groups is 1. The van der Waals surface area contributed by atoms with Crippen molar-refractivity contribution in [3.05, 3.63) is 24.3 Å². The van der Waals surface area contributed by atoms with Crippen LogP contribution in [0.1, 0.15) is 13.8 Å². The van der Waals surface area contributed by atoms with E-state index >= 15 is 0 Å². The highest BCUT2D eigenvalue weighted by atomic mass is 32.2. The van der Waals surface area contributed by atoms with Gasteiger partial charge < -0.3 is 5.32 Å². The summed E-state index contributed by atoms with van der Waals surface area (Å²) >= 11 is 5.94. The molecule has 0 spiro atoms. The topological polar surface area (TPSA) is 29.1 Å². The smallest absolute Gasteiger partial charge is 0.237 e. The lowest BCUT2D eigenvalue weighted by atomic mass is 10.1. The van der Waals surface area contributed by atoms with Crippen LogP contribution >= 0.6 is 24.4 Å². The Morgan fingerprint density at radius 1 is 1.44 bits per heavy atom. The van der Waals surface area contributed by atoms with Crippen LogP contribution < -0.4 is 5.32 Å². The predicted molar refractivity (Wildman–Crippen MR) is 74.5 cm³/mol. The normalized spacial score (nSPS) is 12.6. The van der Waals surface area contributed by atoms with E-state index in [0.29, 0.717) is 0 Å². The van der Waals surface area contributed by atoms with Crippen LogP contribution in [0.2, 0.25) is 0 Å². The minimum Gasteiger partial charge on any atom is -0.325 e. The molecule has 0 aliphatic rings. The second-order valence-electron chi connectivity index (χ2n) is 3.91. The minimum atomic E-state index is -0.266. The third kappa shape index (κ3) is 3.76. The third-order valence-electron chi connectivity index (χ3n) is 2.24. The van der Waals surface area contributed by atoms with E-state index in [0.717, 1.165) is 10.6 Å². The molecule has 2 nitrogen and oxygen atoms in total. The Labute approximate surface area is 107 Å². The molecule has 0 saturated heterocycles. The molecule has 1 atom stereocenters. The lowest BCUT2D eigenvalue weighted by Crippen LogP contribution is -2.27. The summed E-state index contributed by atoms with van der Waals surface area (Å²) in [6.07, 6.45) is 2.01. The minimum absolute atomic E-state index is 0.0448. The Hall–Kier alpha value is -0.610. The Kier molecular flexibility index (Phi) is 5.22. The van der Waals surface area contributed by atoms with Gasteiger partial charge in [-0.05, 0) is 30.4 Å². The van der Waals surface area contributed by atoms with Crippen molar-refractivity contribution in [3.8, 4) is 0 Å². The average Bonchev–Trinajstić information content (AvgIpc) is 2.28. The van der Waals surface area contributed by atoms with Crippen LogP contribution in [-0.2, 0) is 4.79 Å². The molecule has 88 valence electrons. The van der Waals surface area contributed by atoms with Crippen LogP contribution in [0.5, 0.6) is 0 Å². The summed E-state index contributed by atoms with van der Waals surface area (Å²) in [6.45, 7) is 3.96. The van der Waals surface area contributed by atoms with Crippen molar-refractivity contribution in [2.75, 3.05) is 11.6 Å². The van der Waals surface area contributed by atoms with Gasteiger partial charge in [0.2, 0.25) is 5.91 Å². The fourth-order valence-corrected chi connectivity index (χ4v) is 1.74. The zero-order valence-electron chi connectivity index (χ0n) is 9.73. The van der Waals surface area contributed by atoms with Gasteiger partial charge in [-0.25, -0.2) is 0 Å². The monoisotopic (exact) mass is 255 g/mol. The molecule has 1 amide bonds. The van der Waals surface area contributed by atoms with E-state index in [9.17, 15) is 4.79 Å². The van der Waals surface area contributed by atoms with E-state index in [-0.39, 0.29) is 17.1 Å². The molecule has 0 aromatic heterocycles. The van der Waals surface area contributed by atoms with Gasteiger partial charge in [0.15, 0.2) is 0 Å². The summed E-state index contributed by atoms with van der Waals surface area (Å²) in [4.78, 5) is 12.9. The number of thioether (sulfide) groups is 1. The van der Waals surface area contributed by atoms with Crippen molar-refractivity contribution in [2.24, 2.45) is 5.92 Å². The van der Waals surface area contributed by atoms with Crippen LogP contribution in [0, 0.1) is 5.92 Å². The molecule has 1 aromatic carbocycles. The Morgan fingerprint density at radius 3 is 2.69 bits per heavy atom. The van der Waals surface area contributed by atoms with Crippen LogP contribution in [-0.4, -0.2) is 17.4 Å². The van der Waals surface area contributed by atoms with Crippen molar-refractivity contribution in [1.82, 2.24) is 0 Å². The van der Waals surface area contributed by atoms with E-state index in [4.69, 9.17) is 0 Å². The standard InChI is InChI=1S/C12H17NOS2/c1-8(2)11(15)12(14)13-9-5-4-6-10(7-9)16-3/h4-8,11,15H,1-3H3,(H,13,14). The maximum atomic E-state index is 11.8. The Balaban J connectivity index is 2.69. The Bertz CT molecular complexity index is 366. The number of hydrogen-bond donors (Lipinski definition) is 2. The SMILES string of the molecule is CSc1cccc(NC(=O)C(S)C(C)C)c1. The van der Waals surface area contributed by atoms with E-state index in [1.165, 1.54) is 0 Å². The van der Waals surface area contributed by atoms with Crippen LogP contribution in [0.25, 0.3) is 0 Å². The summed E-state index contributed by atoms with van der Waals surface area (Å²) < 4.78 is 0. The van der Waals surface area contributed by atoms with Crippen molar-refractivity contribution in [2.45, 2.75) is 24.0 Å². The second-order valence-corrected chi connectivity index (χ2v) is 5.35. The molecule has 16 heavy (non-hydrogen) atoms. The zero-order chi connectivity index (χ0) is 12.1. The summed E-state index contributed by atoms with van der Waals surface area (Å²) in [5.41, 5.74) is 0.830. The van der Waals surface area contributed by atoms with Crippen molar-refractivity contribution < 1.29 is 4.79 Å². The van der Waals surface area contributed by atoms with Gasteiger partial charge in [-0.3, -0.25) is 4.79 Å².